The Labute approximate surface area is 63.1 Å². The average Bonchev–Trinajstić information content (AvgIpc) is 1.95. The molecular weight excluding hydrogens is 152 g/mol. The summed E-state index contributed by atoms with van der Waals surface area (Å²) < 4.78 is 0. The zero-order valence-electron chi connectivity index (χ0n) is 5.12. The number of nitrogens with zero attached hydrogens (tertiary/aromatic N) is 2. The SMILES string of the molecule is O=CCc1cnc(Cl)nc1. The lowest BCUT2D eigenvalue weighted by Crippen LogP contribution is -1.89. The largest absolute Gasteiger partial charge is 0.303 e. The van der Waals surface area contributed by atoms with Gasteiger partial charge in [-0.15, -0.1) is 0 Å². The molecule has 0 radical (unpaired) electrons. The number of carbonyl (C=O) groups is 1. The van der Waals surface area contributed by atoms with Gasteiger partial charge in [-0.25, -0.2) is 9.97 Å². The van der Waals surface area contributed by atoms with Gasteiger partial charge in [0.15, 0.2) is 0 Å². The minimum absolute atomic E-state index is 0.203. The minimum atomic E-state index is 0.203. The normalized spacial score (nSPS) is 9.30. The Morgan fingerprint density at radius 2 is 2.10 bits per heavy atom. The zero-order chi connectivity index (χ0) is 7.40. The van der Waals surface area contributed by atoms with Crippen molar-refractivity contribution in [1.29, 1.82) is 0 Å². The molecule has 0 saturated carbocycles. The summed E-state index contributed by atoms with van der Waals surface area (Å²) in [6.07, 6.45) is 4.21. The molecule has 0 unspecified atom stereocenters. The molecule has 0 fully saturated rings. The van der Waals surface area contributed by atoms with Crippen molar-refractivity contribution in [2.75, 3.05) is 0 Å². The second-order valence-electron chi connectivity index (χ2n) is 1.73. The molecule has 0 saturated heterocycles. The molecule has 0 aliphatic rings. The highest BCUT2D eigenvalue weighted by atomic mass is 35.5. The van der Waals surface area contributed by atoms with Crippen LogP contribution in [0.2, 0.25) is 5.28 Å². The fourth-order valence-corrected chi connectivity index (χ4v) is 0.638. The fourth-order valence-electron chi connectivity index (χ4n) is 0.541. The molecule has 3 nitrogen and oxygen atoms in total. The quantitative estimate of drug-likeness (QED) is 0.472. The highest BCUT2D eigenvalue weighted by molar-refractivity contribution is 6.28. The number of hydrogen-bond donors (Lipinski definition) is 0. The number of aldehydes is 1. The van der Waals surface area contributed by atoms with Crippen LogP contribution >= 0.6 is 11.6 Å². The molecule has 1 heterocycles. The van der Waals surface area contributed by atoms with Crippen LogP contribution in [0.15, 0.2) is 12.4 Å². The lowest BCUT2D eigenvalue weighted by atomic mass is 10.3. The lowest BCUT2D eigenvalue weighted by Gasteiger charge is -1.90. The van der Waals surface area contributed by atoms with E-state index >= 15 is 0 Å². The molecule has 1 aromatic heterocycles. The number of halogens is 1. The molecule has 0 aromatic carbocycles. The van der Waals surface area contributed by atoms with Crippen molar-refractivity contribution in [3.05, 3.63) is 23.2 Å². The molecule has 0 amide bonds. The molecule has 1 rings (SSSR count). The third-order valence-corrected chi connectivity index (χ3v) is 1.19. The topological polar surface area (TPSA) is 42.9 Å². The second-order valence-corrected chi connectivity index (χ2v) is 2.07. The minimum Gasteiger partial charge on any atom is -0.303 e. The molecule has 0 atom stereocenters. The average molecular weight is 157 g/mol. The molecular formula is C6H5ClN2O. The summed E-state index contributed by atoms with van der Waals surface area (Å²) in [5.41, 5.74) is 0.777. The number of aromatic nitrogens is 2. The highest BCUT2D eigenvalue weighted by Crippen LogP contribution is 1.99. The van der Waals surface area contributed by atoms with E-state index in [4.69, 9.17) is 11.6 Å². The summed E-state index contributed by atoms with van der Waals surface area (Å²) in [5.74, 6) is 0. The standard InChI is InChI=1S/C6H5ClN2O/c7-6-8-3-5(1-2-10)4-9-6/h2-4H,1H2. The second kappa shape index (κ2) is 3.27. The highest BCUT2D eigenvalue weighted by Gasteiger charge is 1.91. The van der Waals surface area contributed by atoms with Crippen molar-refractivity contribution >= 4 is 17.9 Å². The molecule has 0 aliphatic carbocycles. The molecule has 0 spiro atoms. The van der Waals surface area contributed by atoms with Crippen LogP contribution in [-0.4, -0.2) is 16.3 Å². The Hall–Kier alpha value is -0.960. The van der Waals surface area contributed by atoms with E-state index in [1.165, 1.54) is 12.4 Å². The van der Waals surface area contributed by atoms with Gasteiger partial charge >= 0.3 is 0 Å². The Morgan fingerprint density at radius 3 is 2.60 bits per heavy atom. The van der Waals surface area contributed by atoms with Gasteiger partial charge in [0.1, 0.15) is 6.29 Å². The first-order valence-electron chi connectivity index (χ1n) is 2.73. The fraction of sp³-hybridized carbons (Fsp3) is 0.167. The molecule has 10 heavy (non-hydrogen) atoms. The number of carbonyl (C=O) groups excluding carboxylic acids is 1. The van der Waals surface area contributed by atoms with Crippen molar-refractivity contribution in [2.45, 2.75) is 6.42 Å². The summed E-state index contributed by atoms with van der Waals surface area (Å²) in [5, 5.41) is 0.203. The summed E-state index contributed by atoms with van der Waals surface area (Å²) in [6, 6.07) is 0. The molecule has 1 aromatic rings. The van der Waals surface area contributed by atoms with E-state index in [0.29, 0.717) is 6.42 Å². The van der Waals surface area contributed by atoms with E-state index in [1.54, 1.807) is 0 Å². The Bertz CT molecular complexity index is 222. The molecule has 52 valence electrons. The van der Waals surface area contributed by atoms with Gasteiger partial charge in [-0.05, 0) is 17.2 Å². The molecule has 4 heteroatoms. The number of hydrogen-bond acceptors (Lipinski definition) is 3. The van der Waals surface area contributed by atoms with Crippen molar-refractivity contribution < 1.29 is 4.79 Å². The Kier molecular flexibility index (Phi) is 2.34. The maximum Gasteiger partial charge on any atom is 0.222 e. The third-order valence-electron chi connectivity index (χ3n) is 0.993. The van der Waals surface area contributed by atoms with Crippen LogP contribution in [0.3, 0.4) is 0 Å². The first-order valence-corrected chi connectivity index (χ1v) is 3.11. The molecule has 0 aliphatic heterocycles. The first-order chi connectivity index (χ1) is 4.83. The van der Waals surface area contributed by atoms with Crippen LogP contribution in [0.1, 0.15) is 5.56 Å². The van der Waals surface area contributed by atoms with Crippen LogP contribution in [0.4, 0.5) is 0 Å². The van der Waals surface area contributed by atoms with Crippen molar-refractivity contribution in [2.24, 2.45) is 0 Å². The van der Waals surface area contributed by atoms with Crippen LogP contribution in [0.5, 0.6) is 0 Å². The van der Waals surface area contributed by atoms with Crippen LogP contribution in [-0.2, 0) is 11.2 Å². The van der Waals surface area contributed by atoms with Gasteiger partial charge in [-0.1, -0.05) is 0 Å². The van der Waals surface area contributed by atoms with E-state index in [-0.39, 0.29) is 5.28 Å². The van der Waals surface area contributed by atoms with E-state index < -0.39 is 0 Å². The third kappa shape index (κ3) is 1.77. The zero-order valence-corrected chi connectivity index (χ0v) is 5.88. The molecule has 0 bridgehead atoms. The Morgan fingerprint density at radius 1 is 1.50 bits per heavy atom. The summed E-state index contributed by atoms with van der Waals surface area (Å²) in [6.45, 7) is 0. The van der Waals surface area contributed by atoms with E-state index in [9.17, 15) is 4.79 Å². The van der Waals surface area contributed by atoms with E-state index in [0.717, 1.165) is 11.8 Å². The van der Waals surface area contributed by atoms with Crippen LogP contribution in [0, 0.1) is 0 Å². The van der Waals surface area contributed by atoms with E-state index in [1.807, 2.05) is 0 Å². The summed E-state index contributed by atoms with van der Waals surface area (Å²) in [4.78, 5) is 17.4. The lowest BCUT2D eigenvalue weighted by molar-refractivity contribution is -0.107. The van der Waals surface area contributed by atoms with Gasteiger partial charge in [0.05, 0.1) is 0 Å². The van der Waals surface area contributed by atoms with Crippen molar-refractivity contribution in [1.82, 2.24) is 9.97 Å². The number of rotatable bonds is 2. The van der Waals surface area contributed by atoms with Gasteiger partial charge < -0.3 is 4.79 Å². The van der Waals surface area contributed by atoms with Gasteiger partial charge in [0.2, 0.25) is 5.28 Å². The van der Waals surface area contributed by atoms with Gasteiger partial charge in [-0.3, -0.25) is 0 Å². The van der Waals surface area contributed by atoms with Crippen molar-refractivity contribution in [3.8, 4) is 0 Å². The predicted molar refractivity (Wildman–Crippen MR) is 36.8 cm³/mol. The van der Waals surface area contributed by atoms with Crippen molar-refractivity contribution in [3.63, 3.8) is 0 Å². The Balaban J connectivity index is 2.78. The summed E-state index contributed by atoms with van der Waals surface area (Å²) in [7, 11) is 0. The molecule has 0 N–H and O–H groups in total. The predicted octanol–water partition coefficient (Wildman–Crippen LogP) is 0.871. The van der Waals surface area contributed by atoms with Gasteiger partial charge in [0, 0.05) is 18.8 Å². The van der Waals surface area contributed by atoms with E-state index in [2.05, 4.69) is 9.97 Å². The smallest absolute Gasteiger partial charge is 0.222 e. The van der Waals surface area contributed by atoms with Crippen LogP contribution < -0.4 is 0 Å². The van der Waals surface area contributed by atoms with Gasteiger partial charge in [-0.2, -0.15) is 0 Å². The first kappa shape index (κ1) is 7.15. The summed E-state index contributed by atoms with van der Waals surface area (Å²) >= 11 is 5.40. The maximum absolute atomic E-state index is 9.97. The van der Waals surface area contributed by atoms with Gasteiger partial charge in [0.25, 0.3) is 0 Å². The monoisotopic (exact) mass is 156 g/mol. The maximum atomic E-state index is 9.97. The van der Waals surface area contributed by atoms with Crippen LogP contribution in [0.25, 0.3) is 0 Å².